The fourth-order valence-electron chi connectivity index (χ4n) is 1.27. The predicted molar refractivity (Wildman–Crippen MR) is 56.0 cm³/mol. The van der Waals surface area contributed by atoms with Crippen LogP contribution in [0.25, 0.3) is 0 Å². The molecular weight excluding hydrogens is 249 g/mol. The molecule has 0 aromatic heterocycles. The molecule has 0 bridgehead atoms. The van der Waals surface area contributed by atoms with Crippen LogP contribution in [0.1, 0.15) is 6.42 Å². The van der Waals surface area contributed by atoms with Gasteiger partial charge in [0.15, 0.2) is 0 Å². The first-order chi connectivity index (χ1) is 6.75. The molecular formula is C10H11BrFNO. The zero-order chi connectivity index (χ0) is 9.97. The first kappa shape index (κ1) is 9.93. The summed E-state index contributed by atoms with van der Waals surface area (Å²) in [6.07, 6.45) is 1.15. The summed E-state index contributed by atoms with van der Waals surface area (Å²) >= 11 is 3.25. The molecule has 1 N–H and O–H groups in total. The molecule has 0 radical (unpaired) electrons. The molecule has 2 nitrogen and oxygen atoms in total. The molecule has 1 fully saturated rings. The van der Waals surface area contributed by atoms with E-state index in [-0.39, 0.29) is 5.82 Å². The summed E-state index contributed by atoms with van der Waals surface area (Å²) < 4.78 is 18.9. The Balaban J connectivity index is 1.94. The first-order valence-corrected chi connectivity index (χ1v) is 5.36. The Morgan fingerprint density at radius 1 is 1.57 bits per heavy atom. The first-order valence-electron chi connectivity index (χ1n) is 4.57. The molecule has 1 aromatic rings. The van der Waals surface area contributed by atoms with Gasteiger partial charge in [0.2, 0.25) is 0 Å². The van der Waals surface area contributed by atoms with Crippen molar-refractivity contribution in [2.45, 2.75) is 12.5 Å². The molecule has 76 valence electrons. The van der Waals surface area contributed by atoms with Gasteiger partial charge in [-0.05, 0) is 47.1 Å². The largest absolute Gasteiger partial charge is 0.491 e. The van der Waals surface area contributed by atoms with E-state index in [4.69, 9.17) is 4.74 Å². The second-order valence-corrected chi connectivity index (χ2v) is 4.18. The third-order valence-electron chi connectivity index (χ3n) is 2.26. The number of nitrogens with one attached hydrogen (secondary N) is 1. The monoisotopic (exact) mass is 259 g/mol. The van der Waals surface area contributed by atoms with Gasteiger partial charge in [-0.3, -0.25) is 0 Å². The van der Waals surface area contributed by atoms with Crippen LogP contribution in [0.5, 0.6) is 5.75 Å². The lowest BCUT2D eigenvalue weighted by atomic mass is 10.1. The zero-order valence-corrected chi connectivity index (χ0v) is 9.18. The van der Waals surface area contributed by atoms with Crippen LogP contribution in [0.15, 0.2) is 22.7 Å². The second-order valence-electron chi connectivity index (χ2n) is 3.33. The van der Waals surface area contributed by atoms with Crippen molar-refractivity contribution in [3.8, 4) is 5.75 Å². The maximum absolute atomic E-state index is 12.7. The van der Waals surface area contributed by atoms with Crippen molar-refractivity contribution in [2.24, 2.45) is 0 Å². The highest BCUT2D eigenvalue weighted by Gasteiger charge is 2.17. The molecule has 0 amide bonds. The third-order valence-corrected chi connectivity index (χ3v) is 2.88. The topological polar surface area (TPSA) is 21.3 Å². The van der Waals surface area contributed by atoms with Crippen molar-refractivity contribution in [2.75, 3.05) is 13.2 Å². The van der Waals surface area contributed by atoms with Crippen LogP contribution >= 0.6 is 15.9 Å². The lowest BCUT2D eigenvalue weighted by Gasteiger charge is -2.27. The molecule has 14 heavy (non-hydrogen) atoms. The van der Waals surface area contributed by atoms with Crippen LogP contribution in [0.3, 0.4) is 0 Å². The van der Waals surface area contributed by atoms with Crippen LogP contribution in [0, 0.1) is 5.82 Å². The molecule has 1 atom stereocenters. The average Bonchev–Trinajstić information content (AvgIpc) is 2.05. The molecule has 1 unspecified atom stereocenters. The zero-order valence-electron chi connectivity index (χ0n) is 7.59. The minimum atomic E-state index is -0.258. The molecule has 2 rings (SSSR count). The summed E-state index contributed by atoms with van der Waals surface area (Å²) in [5.74, 6) is 0.436. The molecule has 1 aromatic carbocycles. The van der Waals surface area contributed by atoms with E-state index >= 15 is 0 Å². The quantitative estimate of drug-likeness (QED) is 0.900. The summed E-state index contributed by atoms with van der Waals surface area (Å²) in [4.78, 5) is 0. The van der Waals surface area contributed by atoms with E-state index in [1.54, 1.807) is 6.07 Å². The molecule has 0 spiro atoms. The van der Waals surface area contributed by atoms with E-state index < -0.39 is 0 Å². The van der Waals surface area contributed by atoms with Gasteiger partial charge in [0, 0.05) is 6.04 Å². The van der Waals surface area contributed by atoms with Crippen molar-refractivity contribution in [1.29, 1.82) is 0 Å². The molecule has 4 heteroatoms. The second kappa shape index (κ2) is 4.28. The van der Waals surface area contributed by atoms with Crippen molar-refractivity contribution in [3.63, 3.8) is 0 Å². The van der Waals surface area contributed by atoms with Crippen LogP contribution in [-0.2, 0) is 0 Å². The summed E-state index contributed by atoms with van der Waals surface area (Å²) in [5, 5.41) is 3.23. The summed E-state index contributed by atoms with van der Waals surface area (Å²) in [6, 6.07) is 4.89. The van der Waals surface area contributed by atoms with Gasteiger partial charge in [-0.15, -0.1) is 0 Å². The van der Waals surface area contributed by atoms with Crippen molar-refractivity contribution < 1.29 is 9.13 Å². The molecule has 1 aliphatic rings. The maximum atomic E-state index is 12.7. The third kappa shape index (κ3) is 2.25. The lowest BCUT2D eigenvalue weighted by molar-refractivity contribution is 0.216. The Morgan fingerprint density at radius 3 is 2.93 bits per heavy atom. The number of hydrogen-bond donors (Lipinski definition) is 1. The van der Waals surface area contributed by atoms with Gasteiger partial charge in [0.1, 0.15) is 18.2 Å². The SMILES string of the molecule is Fc1ccc(OCC2CCN2)c(Br)c1. The highest BCUT2D eigenvalue weighted by Crippen LogP contribution is 2.25. The minimum absolute atomic E-state index is 0.258. The van der Waals surface area contributed by atoms with Crippen molar-refractivity contribution >= 4 is 15.9 Å². The molecule has 1 aliphatic heterocycles. The number of rotatable bonds is 3. The Kier molecular flexibility index (Phi) is 3.03. The molecule has 0 saturated carbocycles. The van der Waals surface area contributed by atoms with Crippen LogP contribution < -0.4 is 10.1 Å². The van der Waals surface area contributed by atoms with Gasteiger partial charge in [-0.25, -0.2) is 4.39 Å². The van der Waals surface area contributed by atoms with Crippen LogP contribution in [0.4, 0.5) is 4.39 Å². The Labute approximate surface area is 90.6 Å². The smallest absolute Gasteiger partial charge is 0.133 e. The lowest BCUT2D eigenvalue weighted by Crippen LogP contribution is -2.46. The van der Waals surface area contributed by atoms with Gasteiger partial charge in [0.05, 0.1) is 4.47 Å². The van der Waals surface area contributed by atoms with Crippen LogP contribution in [0.2, 0.25) is 0 Å². The van der Waals surface area contributed by atoms with Gasteiger partial charge < -0.3 is 10.1 Å². The van der Waals surface area contributed by atoms with Gasteiger partial charge in [0.25, 0.3) is 0 Å². The van der Waals surface area contributed by atoms with E-state index in [0.29, 0.717) is 22.9 Å². The summed E-state index contributed by atoms with van der Waals surface area (Å²) in [5.41, 5.74) is 0. The minimum Gasteiger partial charge on any atom is -0.491 e. The normalized spacial score (nSPS) is 20.3. The van der Waals surface area contributed by atoms with Crippen LogP contribution in [-0.4, -0.2) is 19.2 Å². The predicted octanol–water partition coefficient (Wildman–Crippen LogP) is 2.33. The fourth-order valence-corrected chi connectivity index (χ4v) is 1.74. The van der Waals surface area contributed by atoms with Gasteiger partial charge >= 0.3 is 0 Å². The number of halogens is 2. The van der Waals surface area contributed by atoms with E-state index in [2.05, 4.69) is 21.2 Å². The number of ether oxygens (including phenoxy) is 1. The number of benzene rings is 1. The summed E-state index contributed by atoms with van der Waals surface area (Å²) in [6.45, 7) is 1.71. The number of hydrogen-bond acceptors (Lipinski definition) is 2. The highest BCUT2D eigenvalue weighted by molar-refractivity contribution is 9.10. The highest BCUT2D eigenvalue weighted by atomic mass is 79.9. The molecule has 0 aliphatic carbocycles. The Bertz CT molecular complexity index is 328. The van der Waals surface area contributed by atoms with E-state index in [1.807, 2.05) is 0 Å². The van der Waals surface area contributed by atoms with Gasteiger partial charge in [-0.1, -0.05) is 0 Å². The standard InChI is InChI=1S/C10H11BrFNO/c11-9-5-7(12)1-2-10(9)14-6-8-3-4-13-8/h1-2,5,8,13H,3-4,6H2. The van der Waals surface area contributed by atoms with Crippen molar-refractivity contribution in [3.05, 3.63) is 28.5 Å². The molecule has 1 saturated heterocycles. The van der Waals surface area contributed by atoms with Gasteiger partial charge in [-0.2, -0.15) is 0 Å². The molecule has 1 heterocycles. The van der Waals surface area contributed by atoms with E-state index in [0.717, 1.165) is 13.0 Å². The van der Waals surface area contributed by atoms with E-state index in [1.165, 1.54) is 12.1 Å². The Hall–Kier alpha value is -0.610. The van der Waals surface area contributed by atoms with Crippen molar-refractivity contribution in [1.82, 2.24) is 5.32 Å². The van der Waals surface area contributed by atoms with E-state index in [9.17, 15) is 4.39 Å². The average molecular weight is 260 g/mol. The fraction of sp³-hybridized carbons (Fsp3) is 0.400. The summed E-state index contributed by atoms with van der Waals surface area (Å²) in [7, 11) is 0. The Morgan fingerprint density at radius 2 is 2.36 bits per heavy atom. The maximum Gasteiger partial charge on any atom is 0.133 e.